The topological polar surface area (TPSA) is 95.5 Å². The number of hydrogen-bond donors (Lipinski definition) is 2. The fourth-order valence-electron chi connectivity index (χ4n) is 4.17. The number of carbonyl (C=O) groups excluding carboxylic acids is 1. The molecule has 1 amide bonds. The number of hydrogen-bond acceptors (Lipinski definition) is 9. The summed E-state index contributed by atoms with van der Waals surface area (Å²) in [6.45, 7) is 6.44. The second-order valence-corrected chi connectivity index (χ2v) is 9.12. The molecule has 1 fully saturated rings. The number of nitrogens with one attached hydrogen (secondary N) is 2. The first-order valence-corrected chi connectivity index (χ1v) is 12.1. The van der Waals surface area contributed by atoms with Crippen LogP contribution in [0.3, 0.4) is 0 Å². The van der Waals surface area contributed by atoms with E-state index in [1.165, 1.54) is 11.8 Å². The number of thioether (sulfide) groups is 1. The number of carbonyl (C=O) groups is 1. The molecule has 4 heterocycles. The van der Waals surface area contributed by atoms with E-state index in [2.05, 4.69) is 35.6 Å². The lowest BCUT2D eigenvalue weighted by Gasteiger charge is -2.36. The third-order valence-electron chi connectivity index (χ3n) is 5.98. The number of benzene rings is 1. The number of ether oxygens (including phenoxy) is 1. The Labute approximate surface area is 196 Å². The van der Waals surface area contributed by atoms with Crippen LogP contribution in [-0.4, -0.2) is 78.1 Å². The lowest BCUT2D eigenvalue weighted by Crippen LogP contribution is -2.48. The van der Waals surface area contributed by atoms with Gasteiger partial charge in [-0.15, -0.1) is 11.8 Å². The first-order chi connectivity index (χ1) is 16.2. The number of amides is 1. The molecule has 0 unspecified atom stereocenters. The van der Waals surface area contributed by atoms with E-state index >= 15 is 0 Å². The minimum absolute atomic E-state index is 0.0129. The molecule has 2 N–H and O–H groups in total. The average molecular weight is 466 g/mol. The minimum Gasteiger partial charge on any atom is -0.497 e. The highest BCUT2D eigenvalue weighted by Crippen LogP contribution is 2.30. The zero-order valence-corrected chi connectivity index (χ0v) is 19.4. The van der Waals surface area contributed by atoms with E-state index in [1.807, 2.05) is 36.5 Å². The van der Waals surface area contributed by atoms with Crippen molar-refractivity contribution in [2.24, 2.45) is 0 Å². The second-order valence-electron chi connectivity index (χ2n) is 8.10. The molecule has 1 saturated heterocycles. The van der Waals surface area contributed by atoms with Crippen LogP contribution in [0.4, 0.5) is 11.5 Å². The smallest absolute Gasteiger partial charge is 0.235 e. The van der Waals surface area contributed by atoms with Crippen molar-refractivity contribution in [2.75, 3.05) is 62.3 Å². The maximum Gasteiger partial charge on any atom is 0.235 e. The van der Waals surface area contributed by atoms with Gasteiger partial charge in [-0.1, -0.05) is 0 Å². The van der Waals surface area contributed by atoms with E-state index in [9.17, 15) is 4.79 Å². The van der Waals surface area contributed by atoms with Gasteiger partial charge in [0.25, 0.3) is 0 Å². The Morgan fingerprint density at radius 2 is 2.06 bits per heavy atom. The number of nitrogens with zero attached hydrogens (tertiary/aromatic N) is 5. The summed E-state index contributed by atoms with van der Waals surface area (Å²) in [4.78, 5) is 22.0. The largest absolute Gasteiger partial charge is 0.497 e. The van der Waals surface area contributed by atoms with Crippen molar-refractivity contribution in [3.8, 4) is 5.75 Å². The second kappa shape index (κ2) is 9.90. The number of fused-ring (bicyclic) bond motifs is 2. The van der Waals surface area contributed by atoms with Crippen molar-refractivity contribution in [1.29, 1.82) is 0 Å². The Bertz CT molecular complexity index is 1150. The van der Waals surface area contributed by atoms with Crippen LogP contribution in [0, 0.1) is 0 Å². The fraction of sp³-hybridized carbons (Fsp3) is 0.391. The van der Waals surface area contributed by atoms with Crippen LogP contribution in [0.1, 0.15) is 5.69 Å². The van der Waals surface area contributed by atoms with Gasteiger partial charge in [0.2, 0.25) is 5.91 Å². The molecule has 172 valence electrons. The van der Waals surface area contributed by atoms with Crippen molar-refractivity contribution < 1.29 is 9.53 Å². The van der Waals surface area contributed by atoms with E-state index in [0.717, 1.165) is 72.2 Å². The molecular weight excluding hydrogens is 438 g/mol. The van der Waals surface area contributed by atoms with Gasteiger partial charge >= 0.3 is 0 Å². The van der Waals surface area contributed by atoms with Gasteiger partial charge in [-0.05, 0) is 30.3 Å². The van der Waals surface area contributed by atoms with Crippen LogP contribution < -0.4 is 20.3 Å². The van der Waals surface area contributed by atoms with E-state index < -0.39 is 0 Å². The summed E-state index contributed by atoms with van der Waals surface area (Å²) < 4.78 is 5.39. The number of anilines is 2. The zero-order chi connectivity index (χ0) is 22.6. The molecule has 33 heavy (non-hydrogen) atoms. The summed E-state index contributed by atoms with van der Waals surface area (Å²) in [6, 6.07) is 9.97. The van der Waals surface area contributed by atoms with Gasteiger partial charge < -0.3 is 20.3 Å². The zero-order valence-electron chi connectivity index (χ0n) is 18.6. The molecule has 5 rings (SSSR count). The SMILES string of the molecule is COc1ccc2nncc(N3CCN(CCNCc4ccc5c(n4)NC(=O)CS5)CC3)c2c1. The molecule has 0 aliphatic carbocycles. The number of methoxy groups -OCH3 is 1. The van der Waals surface area contributed by atoms with Gasteiger partial charge in [0, 0.05) is 51.2 Å². The molecule has 9 nitrogen and oxygen atoms in total. The highest BCUT2D eigenvalue weighted by Gasteiger charge is 2.20. The normalized spacial score (nSPS) is 16.5. The standard InChI is InChI=1S/C23H27N7O2S/c1-32-17-3-4-19-18(12-17)20(14-25-28-19)30-10-8-29(9-11-30)7-6-24-13-16-2-5-21-23(26-16)27-22(31)15-33-21/h2-5,12,14,24H,6-11,13,15H2,1H3,(H,26,27,31). The average Bonchev–Trinajstić information content (AvgIpc) is 2.86. The Morgan fingerprint density at radius 1 is 1.18 bits per heavy atom. The molecule has 3 aromatic rings. The Kier molecular flexibility index (Phi) is 6.56. The van der Waals surface area contributed by atoms with Crippen molar-refractivity contribution >= 4 is 40.1 Å². The Balaban J connectivity index is 1.11. The number of piperazine rings is 1. The minimum atomic E-state index is 0.0129. The Morgan fingerprint density at radius 3 is 2.91 bits per heavy atom. The summed E-state index contributed by atoms with van der Waals surface area (Å²) in [6.07, 6.45) is 1.85. The molecule has 0 radical (unpaired) electrons. The summed E-state index contributed by atoms with van der Waals surface area (Å²) in [7, 11) is 1.68. The van der Waals surface area contributed by atoms with Crippen LogP contribution in [0.25, 0.3) is 10.9 Å². The highest BCUT2D eigenvalue weighted by atomic mass is 32.2. The monoisotopic (exact) mass is 465 g/mol. The first-order valence-electron chi connectivity index (χ1n) is 11.1. The lowest BCUT2D eigenvalue weighted by atomic mass is 10.1. The molecule has 2 aliphatic heterocycles. The maximum atomic E-state index is 11.6. The predicted molar refractivity (Wildman–Crippen MR) is 130 cm³/mol. The maximum absolute atomic E-state index is 11.6. The van der Waals surface area contributed by atoms with E-state index in [0.29, 0.717) is 18.1 Å². The quantitative estimate of drug-likeness (QED) is 0.508. The number of pyridine rings is 1. The lowest BCUT2D eigenvalue weighted by molar-refractivity contribution is -0.113. The fourth-order valence-corrected chi connectivity index (χ4v) is 4.93. The van der Waals surface area contributed by atoms with Gasteiger partial charge in [-0.3, -0.25) is 9.69 Å². The van der Waals surface area contributed by atoms with Gasteiger partial charge in [0.05, 0.1) is 40.9 Å². The van der Waals surface area contributed by atoms with Crippen molar-refractivity contribution in [2.45, 2.75) is 11.4 Å². The molecule has 0 atom stereocenters. The highest BCUT2D eigenvalue weighted by molar-refractivity contribution is 8.00. The van der Waals surface area contributed by atoms with Crippen LogP contribution in [0.5, 0.6) is 5.75 Å². The van der Waals surface area contributed by atoms with Crippen LogP contribution in [-0.2, 0) is 11.3 Å². The number of aromatic nitrogens is 3. The van der Waals surface area contributed by atoms with Crippen molar-refractivity contribution in [1.82, 2.24) is 25.4 Å². The van der Waals surface area contributed by atoms with Gasteiger partial charge in [-0.2, -0.15) is 10.2 Å². The predicted octanol–water partition coefficient (Wildman–Crippen LogP) is 1.99. The van der Waals surface area contributed by atoms with E-state index in [-0.39, 0.29) is 5.91 Å². The Hall–Kier alpha value is -2.95. The van der Waals surface area contributed by atoms with Gasteiger partial charge in [0.1, 0.15) is 11.6 Å². The summed E-state index contributed by atoms with van der Waals surface area (Å²) in [5, 5.41) is 15.9. The van der Waals surface area contributed by atoms with Crippen molar-refractivity contribution in [3.63, 3.8) is 0 Å². The third kappa shape index (κ3) is 5.02. The van der Waals surface area contributed by atoms with Crippen LogP contribution >= 0.6 is 11.8 Å². The molecule has 1 aromatic carbocycles. The third-order valence-corrected chi connectivity index (χ3v) is 7.03. The van der Waals surface area contributed by atoms with Gasteiger partial charge in [0.15, 0.2) is 0 Å². The molecular formula is C23H27N7O2S. The molecule has 0 saturated carbocycles. The van der Waals surface area contributed by atoms with Crippen molar-refractivity contribution in [3.05, 3.63) is 42.2 Å². The van der Waals surface area contributed by atoms with Crippen LogP contribution in [0.2, 0.25) is 0 Å². The van der Waals surface area contributed by atoms with Crippen LogP contribution in [0.15, 0.2) is 41.4 Å². The summed E-state index contributed by atoms with van der Waals surface area (Å²) in [5.74, 6) is 1.99. The first kappa shape index (κ1) is 21.9. The molecule has 10 heteroatoms. The molecule has 0 spiro atoms. The molecule has 2 aromatic heterocycles. The number of rotatable bonds is 7. The summed E-state index contributed by atoms with van der Waals surface area (Å²) >= 11 is 1.53. The summed E-state index contributed by atoms with van der Waals surface area (Å²) in [5.41, 5.74) is 2.93. The molecule has 2 aliphatic rings. The van der Waals surface area contributed by atoms with Gasteiger partial charge in [-0.25, -0.2) is 4.98 Å². The molecule has 0 bridgehead atoms. The van der Waals surface area contributed by atoms with E-state index in [1.54, 1.807) is 7.11 Å². The van der Waals surface area contributed by atoms with E-state index in [4.69, 9.17) is 4.74 Å².